The zero-order chi connectivity index (χ0) is 29.4. The molecule has 3 aromatic heterocycles. The first kappa shape index (κ1) is 28.2. The normalized spacial score (nSPS) is 16.2. The van der Waals surface area contributed by atoms with E-state index < -0.39 is 24.7 Å². The fourth-order valence-electron chi connectivity index (χ4n) is 4.59. The standard InChI is InChI=1S/C27H30F3N9O2/c1-26(2,3)24-34-20(13-41-24)23(40)33-19-7-10-39(14-27(28,29)30)12-17-11-16(5-6-18(17)19)22-31-15-32-25(36-22)35-21-8-9-38(4)37-21/h5-6,8-9,11,13,15,19H,7,10,12,14H2,1-4H3,(H,33,40)(H,31,32,35,36,37). The summed E-state index contributed by atoms with van der Waals surface area (Å²) >= 11 is 0. The van der Waals surface area contributed by atoms with Crippen LogP contribution in [0.25, 0.3) is 11.4 Å². The minimum Gasteiger partial charge on any atom is -0.448 e. The number of anilines is 2. The monoisotopic (exact) mass is 569 g/mol. The van der Waals surface area contributed by atoms with Gasteiger partial charge in [0.2, 0.25) is 5.95 Å². The van der Waals surface area contributed by atoms with Crippen molar-refractivity contribution in [3.8, 4) is 11.4 Å². The maximum Gasteiger partial charge on any atom is 0.401 e. The van der Waals surface area contributed by atoms with Crippen LogP contribution in [0.3, 0.4) is 0 Å². The molecule has 4 heterocycles. The second-order valence-corrected chi connectivity index (χ2v) is 11.0. The van der Waals surface area contributed by atoms with Crippen LogP contribution in [-0.2, 0) is 19.0 Å². The van der Waals surface area contributed by atoms with Gasteiger partial charge in [-0.25, -0.2) is 15.0 Å². The second kappa shape index (κ2) is 10.9. The molecule has 0 saturated carbocycles. The number of benzene rings is 1. The first-order chi connectivity index (χ1) is 19.3. The van der Waals surface area contributed by atoms with Crippen molar-refractivity contribution >= 4 is 17.7 Å². The lowest BCUT2D eigenvalue weighted by Gasteiger charge is -2.22. The molecular weight excluding hydrogens is 539 g/mol. The quantitative estimate of drug-likeness (QED) is 0.344. The van der Waals surface area contributed by atoms with Crippen molar-refractivity contribution in [2.45, 2.75) is 51.4 Å². The highest BCUT2D eigenvalue weighted by atomic mass is 19.4. The predicted octanol–water partition coefficient (Wildman–Crippen LogP) is 4.54. The number of nitrogens with zero attached hydrogens (tertiary/aromatic N) is 7. The molecule has 0 bridgehead atoms. The molecule has 41 heavy (non-hydrogen) atoms. The lowest BCUT2D eigenvalue weighted by atomic mass is 9.96. The first-order valence-electron chi connectivity index (χ1n) is 13.0. The molecule has 0 aliphatic carbocycles. The zero-order valence-electron chi connectivity index (χ0n) is 23.0. The maximum absolute atomic E-state index is 13.4. The summed E-state index contributed by atoms with van der Waals surface area (Å²) < 4.78 is 47.2. The molecular formula is C27H30F3N9O2. The van der Waals surface area contributed by atoms with Crippen LogP contribution in [0.1, 0.15) is 60.7 Å². The third-order valence-electron chi connectivity index (χ3n) is 6.52. The average molecular weight is 570 g/mol. The summed E-state index contributed by atoms with van der Waals surface area (Å²) in [4.78, 5) is 31.6. The Morgan fingerprint density at radius 1 is 1.15 bits per heavy atom. The number of aryl methyl sites for hydroxylation is 1. The zero-order valence-corrected chi connectivity index (χ0v) is 23.0. The number of oxazole rings is 1. The van der Waals surface area contributed by atoms with E-state index in [1.54, 1.807) is 42.2 Å². The Hall–Kier alpha value is -4.33. The summed E-state index contributed by atoms with van der Waals surface area (Å²) in [6.07, 6.45) is 0.324. The van der Waals surface area contributed by atoms with Crippen LogP contribution in [0.5, 0.6) is 0 Å². The summed E-state index contributed by atoms with van der Waals surface area (Å²) in [6.45, 7) is 4.85. The highest BCUT2D eigenvalue weighted by molar-refractivity contribution is 5.92. The largest absolute Gasteiger partial charge is 0.448 e. The number of carbonyl (C=O) groups excluding carboxylic acids is 1. The molecule has 216 valence electrons. The molecule has 5 rings (SSSR count). The SMILES string of the molecule is Cn1ccc(Nc2ncnc(-c3ccc4c(c3)CN(CC(F)(F)F)CCC4NC(=O)c3coc(C(C)(C)C)n3)n2)n1. The third-order valence-corrected chi connectivity index (χ3v) is 6.52. The van der Waals surface area contributed by atoms with Gasteiger partial charge in [0.1, 0.15) is 12.6 Å². The van der Waals surface area contributed by atoms with Crippen molar-refractivity contribution in [3.05, 3.63) is 65.8 Å². The van der Waals surface area contributed by atoms with Gasteiger partial charge in [-0.1, -0.05) is 32.9 Å². The molecule has 1 aliphatic rings. The summed E-state index contributed by atoms with van der Waals surface area (Å²) in [5.41, 5.74) is 1.67. The number of halogens is 3. The van der Waals surface area contributed by atoms with Gasteiger partial charge in [0.25, 0.3) is 5.91 Å². The number of fused-ring (bicyclic) bond motifs is 1. The van der Waals surface area contributed by atoms with E-state index in [0.717, 1.165) is 0 Å². The van der Waals surface area contributed by atoms with Crippen LogP contribution >= 0.6 is 0 Å². The maximum atomic E-state index is 13.4. The van der Waals surface area contributed by atoms with E-state index in [2.05, 4.69) is 35.7 Å². The van der Waals surface area contributed by atoms with Gasteiger partial charge in [-0.15, -0.1) is 0 Å². The summed E-state index contributed by atoms with van der Waals surface area (Å²) in [5, 5.41) is 10.2. The van der Waals surface area contributed by atoms with Gasteiger partial charge in [0, 0.05) is 43.4 Å². The fraction of sp³-hybridized carbons (Fsp3) is 0.407. The minimum atomic E-state index is -4.37. The predicted molar refractivity (Wildman–Crippen MR) is 143 cm³/mol. The molecule has 0 radical (unpaired) electrons. The molecule has 0 fully saturated rings. The molecule has 1 amide bonds. The summed E-state index contributed by atoms with van der Waals surface area (Å²) in [7, 11) is 1.78. The van der Waals surface area contributed by atoms with Crippen LogP contribution < -0.4 is 10.6 Å². The molecule has 1 aromatic carbocycles. The van der Waals surface area contributed by atoms with E-state index in [1.165, 1.54) is 17.5 Å². The number of nitrogens with one attached hydrogen (secondary N) is 2. The van der Waals surface area contributed by atoms with E-state index in [0.29, 0.717) is 34.2 Å². The van der Waals surface area contributed by atoms with E-state index in [4.69, 9.17) is 4.42 Å². The van der Waals surface area contributed by atoms with Gasteiger partial charge in [-0.2, -0.15) is 23.3 Å². The van der Waals surface area contributed by atoms with E-state index >= 15 is 0 Å². The number of hydrogen-bond donors (Lipinski definition) is 2. The molecule has 0 saturated heterocycles. The molecule has 1 aliphatic heterocycles. The number of aromatic nitrogens is 6. The van der Waals surface area contributed by atoms with Crippen LogP contribution in [0, 0.1) is 0 Å². The highest BCUT2D eigenvalue weighted by Gasteiger charge is 2.34. The van der Waals surface area contributed by atoms with Crippen LogP contribution in [-0.4, -0.2) is 59.8 Å². The first-order valence-corrected chi connectivity index (χ1v) is 13.0. The third kappa shape index (κ3) is 6.88. The topological polar surface area (TPSA) is 127 Å². The van der Waals surface area contributed by atoms with Crippen LogP contribution in [0.4, 0.5) is 24.9 Å². The smallest absolute Gasteiger partial charge is 0.401 e. The molecule has 14 heteroatoms. The Balaban J connectivity index is 1.43. The lowest BCUT2D eigenvalue weighted by molar-refractivity contribution is -0.147. The van der Waals surface area contributed by atoms with Gasteiger partial charge < -0.3 is 15.1 Å². The Morgan fingerprint density at radius 3 is 2.63 bits per heavy atom. The van der Waals surface area contributed by atoms with E-state index in [9.17, 15) is 18.0 Å². The number of carbonyl (C=O) groups is 1. The highest BCUT2D eigenvalue weighted by Crippen LogP contribution is 2.32. The van der Waals surface area contributed by atoms with Crippen molar-refractivity contribution < 1.29 is 22.4 Å². The number of rotatable bonds is 6. The lowest BCUT2D eigenvalue weighted by Crippen LogP contribution is -2.35. The Labute approximate surface area is 234 Å². The van der Waals surface area contributed by atoms with Gasteiger partial charge in [0.05, 0.1) is 12.6 Å². The Bertz CT molecular complexity index is 1540. The molecule has 11 nitrogen and oxygen atoms in total. The van der Waals surface area contributed by atoms with E-state index in [1.807, 2.05) is 20.8 Å². The number of hydrogen-bond acceptors (Lipinski definition) is 9. The van der Waals surface area contributed by atoms with E-state index in [-0.39, 0.29) is 36.6 Å². The number of amides is 1. The van der Waals surface area contributed by atoms with Crippen LogP contribution in [0.15, 0.2) is 47.5 Å². The van der Waals surface area contributed by atoms with Crippen LogP contribution in [0.2, 0.25) is 0 Å². The molecule has 1 unspecified atom stereocenters. The number of alkyl halides is 3. The Kier molecular flexibility index (Phi) is 7.51. The summed E-state index contributed by atoms with van der Waals surface area (Å²) in [5.74, 6) is 1.12. The fourth-order valence-corrected chi connectivity index (χ4v) is 4.59. The van der Waals surface area contributed by atoms with Gasteiger partial charge in [-0.05, 0) is 23.6 Å². The van der Waals surface area contributed by atoms with Gasteiger partial charge >= 0.3 is 6.18 Å². The van der Waals surface area contributed by atoms with Crippen molar-refractivity contribution in [2.24, 2.45) is 7.05 Å². The van der Waals surface area contributed by atoms with Crippen molar-refractivity contribution in [1.29, 1.82) is 0 Å². The van der Waals surface area contributed by atoms with Gasteiger partial charge in [-0.3, -0.25) is 14.4 Å². The Morgan fingerprint density at radius 2 is 1.95 bits per heavy atom. The molecule has 4 aromatic rings. The molecule has 0 spiro atoms. The van der Waals surface area contributed by atoms with Crippen molar-refractivity contribution in [1.82, 2.24) is 39.9 Å². The van der Waals surface area contributed by atoms with Crippen molar-refractivity contribution in [3.63, 3.8) is 0 Å². The molecule has 1 atom stereocenters. The average Bonchev–Trinajstić information content (AvgIpc) is 3.52. The summed E-state index contributed by atoms with van der Waals surface area (Å²) in [6, 6.07) is 6.56. The van der Waals surface area contributed by atoms with Crippen molar-refractivity contribution in [2.75, 3.05) is 18.4 Å². The second-order valence-electron chi connectivity index (χ2n) is 11.0. The minimum absolute atomic E-state index is 0.0390. The molecule has 2 N–H and O–H groups in total. The van der Waals surface area contributed by atoms with Gasteiger partial charge in [0.15, 0.2) is 23.2 Å².